The van der Waals surface area contributed by atoms with E-state index in [4.69, 9.17) is 11.3 Å². The molecular weight excluding hydrogens is 420 g/mol. The number of phenolic OH excluding ortho intramolecular Hbond substituents is 1. The summed E-state index contributed by atoms with van der Waals surface area (Å²) in [5.74, 6) is -1.07. The average Bonchev–Trinajstić information content (AvgIpc) is 2.82. The summed E-state index contributed by atoms with van der Waals surface area (Å²) in [6.45, 7) is 9.20. The van der Waals surface area contributed by atoms with Crippen molar-refractivity contribution in [2.75, 3.05) is 11.9 Å². The molecule has 3 N–H and O–H groups in total. The number of anilines is 1. The van der Waals surface area contributed by atoms with Gasteiger partial charge in [-0.3, -0.25) is 4.79 Å². The molecule has 3 aromatic carbocycles. The number of phenols is 1. The number of hydrogen-bond acceptors (Lipinski definition) is 5. The summed E-state index contributed by atoms with van der Waals surface area (Å²) in [7, 11) is 0. The van der Waals surface area contributed by atoms with Crippen molar-refractivity contribution in [1.82, 2.24) is 0 Å². The first kappa shape index (κ1) is 23.4. The van der Waals surface area contributed by atoms with E-state index in [9.17, 15) is 19.8 Å². The van der Waals surface area contributed by atoms with Gasteiger partial charge in [0.05, 0.1) is 18.7 Å². The predicted molar refractivity (Wildman–Crippen MR) is 125 cm³/mol. The molecule has 7 nitrogen and oxygen atoms in total. The first-order valence-corrected chi connectivity index (χ1v) is 10.4. The number of rotatable bonds is 10. The third-order valence-electron chi connectivity index (χ3n) is 5.13. The molecule has 0 aliphatic heterocycles. The van der Waals surface area contributed by atoms with Crippen LogP contribution in [0, 0.1) is 13.5 Å². The van der Waals surface area contributed by atoms with Gasteiger partial charge in [0, 0.05) is 17.3 Å². The van der Waals surface area contributed by atoms with Crippen LogP contribution in [-0.2, 0) is 4.79 Å². The molecule has 7 heteroatoms. The summed E-state index contributed by atoms with van der Waals surface area (Å²) in [6, 6.07) is 17.4. The molecule has 0 aromatic heterocycles. The molecule has 0 amide bonds. The Hall–Kier alpha value is -4.31. The van der Waals surface area contributed by atoms with E-state index >= 15 is 0 Å². The number of carbonyl (C=O) groups is 2. The number of nitrogens with zero attached hydrogens (tertiary/aromatic N) is 1. The van der Waals surface area contributed by atoms with Gasteiger partial charge >= 0.3 is 5.97 Å². The molecule has 0 fully saturated rings. The highest BCUT2D eigenvalue weighted by Gasteiger charge is 2.18. The molecule has 168 valence electrons. The van der Waals surface area contributed by atoms with Gasteiger partial charge in [0.25, 0.3) is 0 Å². The van der Waals surface area contributed by atoms with Gasteiger partial charge in [0.2, 0.25) is 0 Å². The van der Waals surface area contributed by atoms with Crippen molar-refractivity contribution in [3.8, 4) is 11.5 Å². The number of aromatic hydroxyl groups is 1. The molecule has 0 saturated carbocycles. The second-order valence-electron chi connectivity index (χ2n) is 7.51. The quantitative estimate of drug-likeness (QED) is 0.226. The molecule has 33 heavy (non-hydrogen) atoms. The third kappa shape index (κ3) is 6.11. The number of ketones is 1. The highest BCUT2D eigenvalue weighted by atomic mass is 16.5. The summed E-state index contributed by atoms with van der Waals surface area (Å²) in [5.41, 5.74) is 2.56. The predicted octanol–water partition coefficient (Wildman–Crippen LogP) is 5.21. The van der Waals surface area contributed by atoms with Crippen molar-refractivity contribution in [3.05, 3.63) is 94.8 Å². The van der Waals surface area contributed by atoms with Gasteiger partial charge in [0.15, 0.2) is 11.5 Å². The molecule has 0 heterocycles. The Kier molecular flexibility index (Phi) is 7.66. The van der Waals surface area contributed by atoms with Crippen molar-refractivity contribution >= 4 is 23.1 Å². The van der Waals surface area contributed by atoms with Crippen molar-refractivity contribution in [2.24, 2.45) is 0 Å². The average molecular weight is 444 g/mol. The molecule has 0 spiro atoms. The molecule has 0 bridgehead atoms. The van der Waals surface area contributed by atoms with Crippen LogP contribution in [0.25, 0.3) is 4.85 Å². The van der Waals surface area contributed by atoms with Crippen LogP contribution in [0.4, 0.5) is 11.4 Å². The monoisotopic (exact) mass is 444 g/mol. The number of aliphatic carboxylic acids is 1. The van der Waals surface area contributed by atoms with Crippen LogP contribution in [-0.4, -0.2) is 34.6 Å². The zero-order valence-corrected chi connectivity index (χ0v) is 18.1. The van der Waals surface area contributed by atoms with E-state index < -0.39 is 12.0 Å². The largest absolute Gasteiger partial charge is 0.507 e. The van der Waals surface area contributed by atoms with Crippen LogP contribution in [0.15, 0.2) is 66.7 Å². The topological polar surface area (TPSA) is 100 Å². The number of nitrogens with one attached hydrogen (secondary N) is 1. The van der Waals surface area contributed by atoms with E-state index in [2.05, 4.69) is 10.2 Å². The fourth-order valence-electron chi connectivity index (χ4n) is 3.30. The SMILES string of the molecule is [C-]#[N+]c1ccc(C)c(NC(CCCOc2ccc(C(=O)c3ccccc3)c(O)c2)C(=O)O)c1. The number of carboxylic acid groups (broad SMARTS) is 1. The molecule has 3 aromatic rings. The van der Waals surface area contributed by atoms with Crippen molar-refractivity contribution in [1.29, 1.82) is 0 Å². The van der Waals surface area contributed by atoms with E-state index in [1.807, 2.05) is 13.0 Å². The van der Waals surface area contributed by atoms with Crippen LogP contribution < -0.4 is 10.1 Å². The maximum absolute atomic E-state index is 12.5. The molecule has 0 aliphatic rings. The summed E-state index contributed by atoms with van der Waals surface area (Å²) in [5, 5.41) is 22.8. The summed E-state index contributed by atoms with van der Waals surface area (Å²) >= 11 is 0. The van der Waals surface area contributed by atoms with E-state index in [0.717, 1.165) is 5.56 Å². The molecule has 0 radical (unpaired) electrons. The Morgan fingerprint density at radius 1 is 1.09 bits per heavy atom. The minimum atomic E-state index is -0.996. The van der Waals surface area contributed by atoms with Crippen LogP contribution in [0.1, 0.15) is 34.3 Å². The Balaban J connectivity index is 1.56. The van der Waals surface area contributed by atoms with Crippen LogP contribution in [0.5, 0.6) is 11.5 Å². The molecule has 3 rings (SSSR count). The minimum absolute atomic E-state index is 0.179. The van der Waals surface area contributed by atoms with E-state index in [-0.39, 0.29) is 23.7 Å². The Morgan fingerprint density at radius 2 is 1.85 bits per heavy atom. The van der Waals surface area contributed by atoms with Gasteiger partial charge in [-0.25, -0.2) is 9.64 Å². The lowest BCUT2D eigenvalue weighted by molar-refractivity contribution is -0.138. The Morgan fingerprint density at radius 3 is 2.52 bits per heavy atom. The number of carboxylic acids is 1. The van der Waals surface area contributed by atoms with Crippen molar-refractivity contribution in [3.63, 3.8) is 0 Å². The number of benzene rings is 3. The Labute approximate surface area is 192 Å². The Bertz CT molecular complexity index is 1190. The first-order chi connectivity index (χ1) is 15.9. The minimum Gasteiger partial charge on any atom is -0.507 e. The molecule has 0 saturated heterocycles. The molecule has 0 aliphatic carbocycles. The number of hydrogen-bond donors (Lipinski definition) is 3. The van der Waals surface area contributed by atoms with Gasteiger partial charge in [0.1, 0.15) is 17.5 Å². The maximum Gasteiger partial charge on any atom is 0.326 e. The third-order valence-corrected chi connectivity index (χ3v) is 5.13. The fourth-order valence-corrected chi connectivity index (χ4v) is 3.30. The first-order valence-electron chi connectivity index (χ1n) is 10.4. The van der Waals surface area contributed by atoms with E-state index in [0.29, 0.717) is 35.5 Å². The molecule has 1 unspecified atom stereocenters. The van der Waals surface area contributed by atoms with Crippen molar-refractivity contribution in [2.45, 2.75) is 25.8 Å². The van der Waals surface area contributed by atoms with Gasteiger partial charge in [-0.15, -0.1) is 0 Å². The summed E-state index contributed by atoms with van der Waals surface area (Å²) in [6.07, 6.45) is 0.741. The lowest BCUT2D eigenvalue weighted by Gasteiger charge is -2.18. The zero-order valence-electron chi connectivity index (χ0n) is 18.1. The lowest BCUT2D eigenvalue weighted by Crippen LogP contribution is -2.30. The van der Waals surface area contributed by atoms with Crippen LogP contribution >= 0.6 is 0 Å². The highest BCUT2D eigenvalue weighted by molar-refractivity contribution is 6.10. The summed E-state index contributed by atoms with van der Waals surface area (Å²) in [4.78, 5) is 27.6. The molecular formula is C26H24N2O5. The standard InChI is InChI=1S/C26H24N2O5/c1-17-10-11-19(27-2)15-23(17)28-22(26(31)32)9-6-14-33-20-12-13-21(24(29)16-20)25(30)18-7-4-3-5-8-18/h3-5,7-8,10-13,15-16,22,28-29H,6,9,14H2,1H3,(H,31,32). The second kappa shape index (κ2) is 10.8. The summed E-state index contributed by atoms with van der Waals surface area (Å²) < 4.78 is 5.64. The number of ether oxygens (including phenoxy) is 1. The second-order valence-corrected chi connectivity index (χ2v) is 7.51. The van der Waals surface area contributed by atoms with Gasteiger partial charge in [-0.1, -0.05) is 42.5 Å². The normalized spacial score (nSPS) is 11.3. The highest BCUT2D eigenvalue weighted by Crippen LogP contribution is 2.27. The van der Waals surface area contributed by atoms with Gasteiger partial charge in [-0.2, -0.15) is 0 Å². The van der Waals surface area contributed by atoms with Crippen LogP contribution in [0.2, 0.25) is 0 Å². The van der Waals surface area contributed by atoms with Crippen LogP contribution in [0.3, 0.4) is 0 Å². The maximum atomic E-state index is 12.5. The number of carbonyl (C=O) groups excluding carboxylic acids is 1. The molecule has 1 atom stereocenters. The zero-order chi connectivity index (χ0) is 23.8. The van der Waals surface area contributed by atoms with Gasteiger partial charge in [-0.05, 0) is 43.5 Å². The van der Waals surface area contributed by atoms with E-state index in [1.54, 1.807) is 48.5 Å². The fraction of sp³-hybridized carbons (Fsp3) is 0.192. The van der Waals surface area contributed by atoms with Gasteiger partial charge < -0.3 is 20.3 Å². The van der Waals surface area contributed by atoms with E-state index in [1.165, 1.54) is 12.1 Å². The number of aryl methyl sites for hydroxylation is 1. The lowest BCUT2D eigenvalue weighted by atomic mass is 10.0. The smallest absolute Gasteiger partial charge is 0.326 e. The van der Waals surface area contributed by atoms with Crippen molar-refractivity contribution < 1.29 is 24.5 Å².